The van der Waals surface area contributed by atoms with E-state index in [1.54, 1.807) is 12.1 Å². The number of benzene rings is 2. The summed E-state index contributed by atoms with van der Waals surface area (Å²) in [6, 6.07) is 11.2. The molecule has 34 heavy (non-hydrogen) atoms. The lowest BCUT2D eigenvalue weighted by molar-refractivity contribution is -0.133. The topological polar surface area (TPSA) is 81.8 Å². The highest BCUT2D eigenvalue weighted by atomic mass is 35.5. The maximum atomic E-state index is 13.4. The minimum absolute atomic E-state index is 0.00643. The first-order chi connectivity index (χ1) is 16.1. The smallest absolute Gasteiger partial charge is 0.227 e. The van der Waals surface area contributed by atoms with E-state index in [-0.39, 0.29) is 24.4 Å². The van der Waals surface area contributed by atoms with E-state index < -0.39 is 10.0 Å². The molecule has 1 amide bonds. The number of anilines is 1. The third-order valence-electron chi connectivity index (χ3n) is 6.68. The molecule has 7 nitrogen and oxygen atoms in total. The molecule has 1 aliphatic carbocycles. The fraction of sp³-hybridized carbons (Fsp3) is 0.458. The van der Waals surface area contributed by atoms with E-state index in [9.17, 15) is 13.2 Å². The van der Waals surface area contributed by atoms with Crippen LogP contribution in [-0.4, -0.2) is 56.6 Å². The molecule has 1 aliphatic heterocycles. The van der Waals surface area contributed by atoms with Crippen LogP contribution in [0.5, 0.6) is 0 Å². The predicted octanol–water partition coefficient (Wildman–Crippen LogP) is 4.02. The number of carbonyl (C=O) groups is 1. The lowest BCUT2D eigenvalue weighted by Crippen LogP contribution is -2.48. The van der Waals surface area contributed by atoms with Crippen LogP contribution >= 0.6 is 23.2 Å². The Kier molecular flexibility index (Phi) is 7.74. The summed E-state index contributed by atoms with van der Waals surface area (Å²) in [7, 11) is -1.55. The molecule has 2 aromatic carbocycles. The SMILES string of the molecule is CN(C(=O)Cc1ccc(Cl)c(Cl)c1)C1c2cc(NNS(C)(=O)=O)ccc2CCC1N1CCCC1. The molecular weight excluding hydrogens is 495 g/mol. The molecule has 2 atom stereocenters. The van der Waals surface area contributed by atoms with Gasteiger partial charge in [-0.15, -0.1) is 4.83 Å². The van der Waals surface area contributed by atoms with Gasteiger partial charge in [0.05, 0.1) is 34.5 Å². The van der Waals surface area contributed by atoms with Gasteiger partial charge in [0, 0.05) is 13.1 Å². The fourth-order valence-electron chi connectivity index (χ4n) is 5.02. The number of nitrogens with zero attached hydrogens (tertiary/aromatic N) is 2. The second kappa shape index (κ2) is 10.4. The number of likely N-dealkylation sites (N-methyl/N-ethyl adjacent to an activating group) is 1. The van der Waals surface area contributed by atoms with E-state index in [0.717, 1.165) is 56.2 Å². The van der Waals surface area contributed by atoms with E-state index in [0.29, 0.717) is 15.7 Å². The summed E-state index contributed by atoms with van der Waals surface area (Å²) in [5.74, 6) is -0.00643. The summed E-state index contributed by atoms with van der Waals surface area (Å²) in [6.07, 6.45) is 5.53. The van der Waals surface area contributed by atoms with Crippen LogP contribution in [0.25, 0.3) is 0 Å². The van der Waals surface area contributed by atoms with Crippen molar-refractivity contribution in [2.75, 3.05) is 31.8 Å². The van der Waals surface area contributed by atoms with E-state index >= 15 is 0 Å². The van der Waals surface area contributed by atoms with Crippen LogP contribution in [0, 0.1) is 0 Å². The Hall–Kier alpha value is -1.84. The van der Waals surface area contributed by atoms with Crippen LogP contribution < -0.4 is 10.3 Å². The van der Waals surface area contributed by atoms with Crippen LogP contribution in [0.2, 0.25) is 10.0 Å². The summed E-state index contributed by atoms with van der Waals surface area (Å²) in [5.41, 5.74) is 6.46. The van der Waals surface area contributed by atoms with Crippen LogP contribution in [0.15, 0.2) is 36.4 Å². The lowest BCUT2D eigenvalue weighted by Gasteiger charge is -2.43. The highest BCUT2D eigenvalue weighted by Gasteiger charge is 2.38. The number of sulfonamides is 1. The van der Waals surface area contributed by atoms with Crippen molar-refractivity contribution in [2.45, 2.75) is 44.2 Å². The fourth-order valence-corrected chi connectivity index (χ4v) is 5.65. The van der Waals surface area contributed by atoms with Gasteiger partial charge in [-0.25, -0.2) is 8.42 Å². The number of amides is 1. The van der Waals surface area contributed by atoms with Gasteiger partial charge in [-0.05, 0) is 79.7 Å². The highest BCUT2D eigenvalue weighted by Crippen LogP contribution is 2.39. The monoisotopic (exact) mass is 524 g/mol. The Balaban J connectivity index is 1.64. The maximum absolute atomic E-state index is 13.4. The quantitative estimate of drug-likeness (QED) is 0.534. The predicted molar refractivity (Wildman–Crippen MR) is 137 cm³/mol. The first kappa shape index (κ1) is 25.3. The molecule has 2 aromatic rings. The van der Waals surface area contributed by atoms with Gasteiger partial charge in [0.25, 0.3) is 0 Å². The zero-order valence-electron chi connectivity index (χ0n) is 19.4. The molecule has 1 saturated heterocycles. The van der Waals surface area contributed by atoms with Gasteiger partial charge in [-0.1, -0.05) is 35.3 Å². The summed E-state index contributed by atoms with van der Waals surface area (Å²) in [6.45, 7) is 2.05. The van der Waals surface area contributed by atoms with Gasteiger partial charge in [0.15, 0.2) is 0 Å². The van der Waals surface area contributed by atoms with Crippen molar-refractivity contribution in [3.05, 3.63) is 63.1 Å². The number of fused-ring (bicyclic) bond motifs is 1. The number of likely N-dealkylation sites (tertiary alicyclic amines) is 1. The van der Waals surface area contributed by atoms with Gasteiger partial charge >= 0.3 is 0 Å². The molecule has 0 radical (unpaired) electrons. The van der Waals surface area contributed by atoms with Crippen molar-refractivity contribution in [3.8, 4) is 0 Å². The van der Waals surface area contributed by atoms with Gasteiger partial charge in [-0.3, -0.25) is 9.69 Å². The number of hydrazine groups is 1. The third kappa shape index (κ3) is 5.86. The highest BCUT2D eigenvalue weighted by molar-refractivity contribution is 7.88. The first-order valence-corrected chi connectivity index (χ1v) is 14.1. The standard InChI is InChI=1S/C24H30Cl2N4O3S/c1-29(23(31)14-16-5-9-20(25)21(26)13-16)24-19-15-18(27-28-34(2,32)33)8-6-17(19)7-10-22(24)30-11-3-4-12-30/h5-6,8-9,13,15,22,24,27-28H,3-4,7,10-12,14H2,1-2H3. The van der Waals surface area contributed by atoms with Gasteiger partial charge in [0.2, 0.25) is 15.9 Å². The van der Waals surface area contributed by atoms with Crippen LogP contribution in [-0.2, 0) is 27.7 Å². The minimum Gasteiger partial charge on any atom is -0.337 e. The molecule has 2 unspecified atom stereocenters. The zero-order chi connectivity index (χ0) is 24.5. The third-order valence-corrected chi connectivity index (χ3v) is 7.89. The van der Waals surface area contributed by atoms with Crippen molar-refractivity contribution in [3.63, 3.8) is 0 Å². The molecule has 1 heterocycles. The molecule has 2 N–H and O–H groups in total. The Morgan fingerprint density at radius 2 is 1.85 bits per heavy atom. The molecule has 4 rings (SSSR count). The van der Waals surface area contributed by atoms with Crippen LogP contribution in [0.1, 0.15) is 42.0 Å². The first-order valence-electron chi connectivity index (χ1n) is 11.4. The molecule has 2 aliphatic rings. The van der Waals surface area contributed by atoms with Crippen molar-refractivity contribution >= 4 is 44.8 Å². The molecule has 184 valence electrons. The number of halogens is 2. The number of nitrogens with one attached hydrogen (secondary N) is 2. The van der Waals surface area contributed by atoms with Crippen LogP contribution in [0.4, 0.5) is 5.69 Å². The summed E-state index contributed by atoms with van der Waals surface area (Å²) >= 11 is 12.2. The van der Waals surface area contributed by atoms with E-state index in [1.165, 1.54) is 5.56 Å². The number of carbonyl (C=O) groups excluding carboxylic acids is 1. The lowest BCUT2D eigenvalue weighted by atomic mass is 9.82. The maximum Gasteiger partial charge on any atom is 0.227 e. The minimum atomic E-state index is -3.41. The molecule has 1 fully saturated rings. The molecule has 0 aromatic heterocycles. The van der Waals surface area contributed by atoms with Gasteiger partial charge in [0.1, 0.15) is 0 Å². The number of hydrogen-bond acceptors (Lipinski definition) is 5. The Morgan fingerprint density at radius 1 is 1.12 bits per heavy atom. The second-order valence-electron chi connectivity index (χ2n) is 9.14. The Morgan fingerprint density at radius 3 is 2.53 bits per heavy atom. The normalized spacial score (nSPS) is 20.7. The van der Waals surface area contributed by atoms with Crippen molar-refractivity contribution in [1.29, 1.82) is 0 Å². The molecule has 0 bridgehead atoms. The van der Waals surface area contributed by atoms with Crippen molar-refractivity contribution < 1.29 is 13.2 Å². The Bertz CT molecular complexity index is 1170. The summed E-state index contributed by atoms with van der Waals surface area (Å²) in [4.78, 5) is 20.1. The average Bonchev–Trinajstić information content (AvgIpc) is 3.33. The summed E-state index contributed by atoms with van der Waals surface area (Å²) in [5, 5.41) is 0.894. The van der Waals surface area contributed by atoms with Crippen molar-refractivity contribution in [1.82, 2.24) is 14.6 Å². The number of rotatable bonds is 7. The number of hydrogen-bond donors (Lipinski definition) is 2. The van der Waals surface area contributed by atoms with Gasteiger partial charge < -0.3 is 10.3 Å². The molecular formula is C24H30Cl2N4O3S. The average molecular weight is 526 g/mol. The second-order valence-corrected chi connectivity index (χ2v) is 11.7. The van der Waals surface area contributed by atoms with E-state index in [1.807, 2.05) is 36.2 Å². The van der Waals surface area contributed by atoms with Crippen molar-refractivity contribution in [2.24, 2.45) is 0 Å². The van der Waals surface area contributed by atoms with Gasteiger partial charge in [-0.2, -0.15) is 0 Å². The van der Waals surface area contributed by atoms with Crippen LogP contribution in [0.3, 0.4) is 0 Å². The molecule has 0 spiro atoms. The van der Waals surface area contributed by atoms with E-state index in [2.05, 4.69) is 15.2 Å². The molecule has 0 saturated carbocycles. The largest absolute Gasteiger partial charge is 0.337 e. The summed E-state index contributed by atoms with van der Waals surface area (Å²) < 4.78 is 23.1. The molecule has 10 heteroatoms. The zero-order valence-corrected chi connectivity index (χ0v) is 21.7. The number of aryl methyl sites for hydroxylation is 1. The Labute approximate surface area is 211 Å². The van der Waals surface area contributed by atoms with E-state index in [4.69, 9.17) is 23.2 Å².